The smallest absolute Gasteiger partial charge is 0.274 e. The maximum atomic E-state index is 13.0. The standard InChI is InChI=1S/C19H17FN4O3/c1-26-16-8-7-14(9-17(16)27-2)23-18-10-15(21-11-22-18)19(25)24-13-5-3-12(20)4-6-13/h3-11H,1-2H3,(H,24,25)(H,21,22,23). The van der Waals surface area contributed by atoms with E-state index in [1.54, 1.807) is 32.4 Å². The molecular formula is C19H17FN4O3. The van der Waals surface area contributed by atoms with Crippen LogP contribution in [0.3, 0.4) is 0 Å². The molecule has 0 fully saturated rings. The monoisotopic (exact) mass is 368 g/mol. The molecule has 0 saturated heterocycles. The number of carbonyl (C=O) groups excluding carboxylic acids is 1. The Labute approximate surface area is 155 Å². The molecule has 1 aromatic heterocycles. The molecule has 138 valence electrons. The minimum absolute atomic E-state index is 0.164. The number of ether oxygens (including phenoxy) is 2. The van der Waals surface area contributed by atoms with Gasteiger partial charge in [-0.05, 0) is 36.4 Å². The van der Waals surface area contributed by atoms with Gasteiger partial charge in [-0.15, -0.1) is 0 Å². The highest BCUT2D eigenvalue weighted by Gasteiger charge is 2.10. The van der Waals surface area contributed by atoms with Crippen molar-refractivity contribution in [2.75, 3.05) is 24.9 Å². The summed E-state index contributed by atoms with van der Waals surface area (Å²) in [7, 11) is 3.10. The summed E-state index contributed by atoms with van der Waals surface area (Å²) in [5.74, 6) is 0.785. The Hall–Kier alpha value is -3.68. The fraction of sp³-hybridized carbons (Fsp3) is 0.105. The molecule has 0 aliphatic rings. The molecule has 0 radical (unpaired) electrons. The highest BCUT2D eigenvalue weighted by molar-refractivity contribution is 6.03. The lowest BCUT2D eigenvalue weighted by atomic mass is 10.2. The van der Waals surface area contributed by atoms with Crippen molar-refractivity contribution < 1.29 is 18.7 Å². The van der Waals surface area contributed by atoms with E-state index in [4.69, 9.17) is 9.47 Å². The van der Waals surface area contributed by atoms with Gasteiger partial charge in [-0.1, -0.05) is 0 Å². The van der Waals surface area contributed by atoms with Crippen molar-refractivity contribution in [1.82, 2.24) is 9.97 Å². The normalized spacial score (nSPS) is 10.2. The molecule has 0 aliphatic heterocycles. The van der Waals surface area contributed by atoms with E-state index in [2.05, 4.69) is 20.6 Å². The van der Waals surface area contributed by atoms with Gasteiger partial charge in [0.1, 0.15) is 23.7 Å². The van der Waals surface area contributed by atoms with E-state index in [9.17, 15) is 9.18 Å². The van der Waals surface area contributed by atoms with Gasteiger partial charge in [-0.2, -0.15) is 0 Å². The van der Waals surface area contributed by atoms with Crippen molar-refractivity contribution in [3.8, 4) is 11.5 Å². The third kappa shape index (κ3) is 4.49. The lowest BCUT2D eigenvalue weighted by Gasteiger charge is -2.11. The highest BCUT2D eigenvalue weighted by Crippen LogP contribution is 2.30. The second-order valence-electron chi connectivity index (χ2n) is 5.44. The van der Waals surface area contributed by atoms with E-state index < -0.39 is 5.91 Å². The fourth-order valence-corrected chi connectivity index (χ4v) is 2.34. The van der Waals surface area contributed by atoms with Crippen molar-refractivity contribution in [3.05, 3.63) is 66.4 Å². The first-order valence-electron chi connectivity index (χ1n) is 7.97. The number of nitrogens with one attached hydrogen (secondary N) is 2. The highest BCUT2D eigenvalue weighted by atomic mass is 19.1. The summed E-state index contributed by atoms with van der Waals surface area (Å²) in [5, 5.41) is 5.73. The van der Waals surface area contributed by atoms with Crippen LogP contribution in [0, 0.1) is 5.82 Å². The first kappa shape index (κ1) is 18.1. The molecule has 0 bridgehead atoms. The van der Waals surface area contributed by atoms with Crippen LogP contribution >= 0.6 is 0 Å². The van der Waals surface area contributed by atoms with Gasteiger partial charge in [0.25, 0.3) is 5.91 Å². The van der Waals surface area contributed by atoms with Gasteiger partial charge in [0.05, 0.1) is 14.2 Å². The fourth-order valence-electron chi connectivity index (χ4n) is 2.34. The Balaban J connectivity index is 1.75. The Bertz CT molecular complexity index is 948. The summed E-state index contributed by atoms with van der Waals surface area (Å²) in [6.07, 6.45) is 1.28. The van der Waals surface area contributed by atoms with Crippen LogP contribution in [0.4, 0.5) is 21.6 Å². The molecule has 1 heterocycles. The minimum Gasteiger partial charge on any atom is -0.493 e. The van der Waals surface area contributed by atoms with Crippen molar-refractivity contribution in [2.45, 2.75) is 0 Å². The van der Waals surface area contributed by atoms with Gasteiger partial charge in [0, 0.05) is 23.5 Å². The molecule has 3 rings (SSSR count). The lowest BCUT2D eigenvalue weighted by Crippen LogP contribution is -2.14. The number of rotatable bonds is 6. The largest absolute Gasteiger partial charge is 0.493 e. The van der Waals surface area contributed by atoms with E-state index in [1.165, 1.54) is 36.7 Å². The van der Waals surface area contributed by atoms with Crippen LogP contribution in [0.2, 0.25) is 0 Å². The van der Waals surface area contributed by atoms with Gasteiger partial charge in [-0.25, -0.2) is 14.4 Å². The Morgan fingerprint density at radius 3 is 2.33 bits per heavy atom. The molecule has 8 heteroatoms. The van der Waals surface area contributed by atoms with Crippen LogP contribution < -0.4 is 20.1 Å². The molecular weight excluding hydrogens is 351 g/mol. The summed E-state index contributed by atoms with van der Waals surface area (Å²) in [6.45, 7) is 0. The molecule has 2 N–H and O–H groups in total. The molecule has 3 aromatic rings. The van der Waals surface area contributed by atoms with Gasteiger partial charge < -0.3 is 20.1 Å². The molecule has 1 amide bonds. The molecule has 27 heavy (non-hydrogen) atoms. The zero-order valence-electron chi connectivity index (χ0n) is 14.7. The van der Waals surface area contributed by atoms with E-state index >= 15 is 0 Å². The SMILES string of the molecule is COc1ccc(Nc2cc(C(=O)Nc3ccc(F)cc3)ncn2)cc1OC. The summed E-state index contributed by atoms with van der Waals surface area (Å²) in [4.78, 5) is 20.4. The third-order valence-corrected chi connectivity index (χ3v) is 3.66. The van der Waals surface area contributed by atoms with Crippen LogP contribution in [-0.4, -0.2) is 30.1 Å². The number of anilines is 3. The lowest BCUT2D eigenvalue weighted by molar-refractivity contribution is 0.102. The predicted molar refractivity (Wildman–Crippen MR) is 99.2 cm³/mol. The summed E-state index contributed by atoms with van der Waals surface area (Å²) >= 11 is 0. The predicted octanol–water partition coefficient (Wildman–Crippen LogP) is 3.63. The topological polar surface area (TPSA) is 85.4 Å². The minimum atomic E-state index is -0.431. The number of methoxy groups -OCH3 is 2. The van der Waals surface area contributed by atoms with Crippen LogP contribution in [-0.2, 0) is 0 Å². The van der Waals surface area contributed by atoms with E-state index in [1.807, 2.05) is 0 Å². The maximum Gasteiger partial charge on any atom is 0.274 e. The van der Waals surface area contributed by atoms with Crippen molar-refractivity contribution in [3.63, 3.8) is 0 Å². The van der Waals surface area contributed by atoms with Gasteiger partial charge >= 0.3 is 0 Å². The molecule has 0 atom stereocenters. The first-order valence-corrected chi connectivity index (χ1v) is 7.97. The van der Waals surface area contributed by atoms with E-state index in [0.717, 1.165) is 0 Å². The maximum absolute atomic E-state index is 13.0. The summed E-state index contributed by atoms with van der Waals surface area (Å²) in [5.41, 5.74) is 1.34. The quantitative estimate of drug-likeness (QED) is 0.691. The molecule has 0 spiro atoms. The van der Waals surface area contributed by atoms with Crippen molar-refractivity contribution in [2.24, 2.45) is 0 Å². The van der Waals surface area contributed by atoms with Crippen LogP contribution in [0.1, 0.15) is 10.5 Å². The number of hydrogen-bond donors (Lipinski definition) is 2. The number of hydrogen-bond acceptors (Lipinski definition) is 6. The number of aromatic nitrogens is 2. The van der Waals surface area contributed by atoms with Crippen LogP contribution in [0.15, 0.2) is 54.9 Å². The zero-order chi connectivity index (χ0) is 19.2. The molecule has 7 nitrogen and oxygen atoms in total. The third-order valence-electron chi connectivity index (χ3n) is 3.66. The van der Waals surface area contributed by atoms with Gasteiger partial charge in [0.2, 0.25) is 0 Å². The first-order chi connectivity index (χ1) is 13.1. The Morgan fingerprint density at radius 2 is 1.63 bits per heavy atom. The zero-order valence-corrected chi connectivity index (χ0v) is 14.7. The summed E-state index contributed by atoms with van der Waals surface area (Å²) < 4.78 is 23.4. The van der Waals surface area contributed by atoms with Crippen molar-refractivity contribution in [1.29, 1.82) is 0 Å². The van der Waals surface area contributed by atoms with E-state index in [-0.39, 0.29) is 11.5 Å². The van der Waals surface area contributed by atoms with Crippen LogP contribution in [0.5, 0.6) is 11.5 Å². The van der Waals surface area contributed by atoms with Crippen molar-refractivity contribution >= 4 is 23.1 Å². The van der Waals surface area contributed by atoms with Gasteiger partial charge in [-0.3, -0.25) is 4.79 Å². The number of carbonyl (C=O) groups is 1. The second-order valence-corrected chi connectivity index (χ2v) is 5.44. The second kappa shape index (κ2) is 8.13. The van der Waals surface area contributed by atoms with Crippen LogP contribution in [0.25, 0.3) is 0 Å². The van der Waals surface area contributed by atoms with Gasteiger partial charge in [0.15, 0.2) is 11.5 Å². The number of nitrogens with zero attached hydrogens (tertiary/aromatic N) is 2. The average Bonchev–Trinajstić information content (AvgIpc) is 2.69. The summed E-state index contributed by atoms with van der Waals surface area (Å²) in [6, 6.07) is 12.3. The molecule has 0 saturated carbocycles. The Kier molecular flexibility index (Phi) is 5.46. The number of amides is 1. The molecule has 2 aromatic carbocycles. The average molecular weight is 368 g/mol. The Morgan fingerprint density at radius 1 is 0.926 bits per heavy atom. The van der Waals surface area contributed by atoms with E-state index in [0.29, 0.717) is 28.7 Å². The molecule has 0 aliphatic carbocycles. The number of benzene rings is 2. The number of halogens is 1. The molecule has 0 unspecified atom stereocenters.